The fourth-order valence-electron chi connectivity index (χ4n) is 1.95. The van der Waals surface area contributed by atoms with Crippen molar-refractivity contribution in [2.24, 2.45) is 0 Å². The van der Waals surface area contributed by atoms with Crippen molar-refractivity contribution in [1.29, 1.82) is 0 Å². The van der Waals surface area contributed by atoms with Crippen LogP contribution in [0.1, 0.15) is 5.56 Å². The molecule has 0 saturated heterocycles. The first kappa shape index (κ1) is 15.9. The van der Waals surface area contributed by atoms with Crippen LogP contribution in [-0.4, -0.2) is 29.2 Å². The molecule has 0 aliphatic heterocycles. The van der Waals surface area contributed by atoms with E-state index in [1.54, 1.807) is 0 Å². The van der Waals surface area contributed by atoms with E-state index in [9.17, 15) is 13.6 Å². The summed E-state index contributed by atoms with van der Waals surface area (Å²) in [7, 11) is 0. The Morgan fingerprint density at radius 3 is 2.45 bits per heavy atom. The summed E-state index contributed by atoms with van der Waals surface area (Å²) >= 11 is 0. The monoisotopic (exact) mass is 306 g/mol. The fourth-order valence-corrected chi connectivity index (χ4v) is 1.95. The van der Waals surface area contributed by atoms with Crippen molar-refractivity contribution in [2.45, 2.75) is 6.54 Å². The maximum Gasteiger partial charge on any atom is 0.322 e. The number of benzene rings is 2. The first-order valence-corrected chi connectivity index (χ1v) is 6.76. The highest BCUT2D eigenvalue weighted by molar-refractivity contribution is 5.89. The molecule has 2 N–H and O–H groups in total. The topological polar surface area (TPSA) is 52.6 Å². The van der Waals surface area contributed by atoms with Crippen molar-refractivity contribution in [1.82, 2.24) is 4.90 Å². The number of anilines is 1. The van der Waals surface area contributed by atoms with Crippen LogP contribution in [-0.2, 0) is 6.54 Å². The van der Waals surface area contributed by atoms with Gasteiger partial charge in [0, 0.05) is 24.8 Å². The van der Waals surface area contributed by atoms with Crippen molar-refractivity contribution in [2.75, 3.05) is 18.5 Å². The van der Waals surface area contributed by atoms with Gasteiger partial charge in [0.2, 0.25) is 0 Å². The Labute approximate surface area is 127 Å². The Morgan fingerprint density at radius 2 is 1.82 bits per heavy atom. The van der Waals surface area contributed by atoms with Gasteiger partial charge in [-0.15, -0.1) is 0 Å². The van der Waals surface area contributed by atoms with Gasteiger partial charge in [-0.1, -0.05) is 30.3 Å². The molecule has 2 aromatic carbocycles. The SMILES string of the molecule is O=C(Nc1ccc(F)c(F)c1)N(CCO)Cc1ccccc1. The van der Waals surface area contributed by atoms with Crippen LogP contribution in [0.4, 0.5) is 19.3 Å². The molecular formula is C16H16F2N2O2. The molecule has 2 rings (SSSR count). The van der Waals surface area contributed by atoms with Crippen molar-refractivity contribution < 1.29 is 18.7 Å². The molecule has 2 amide bonds. The molecule has 0 heterocycles. The number of aliphatic hydroxyl groups excluding tert-OH is 1. The van der Waals surface area contributed by atoms with Gasteiger partial charge in [0.25, 0.3) is 0 Å². The number of halogens is 2. The van der Waals surface area contributed by atoms with E-state index >= 15 is 0 Å². The van der Waals surface area contributed by atoms with Crippen LogP contribution in [0.3, 0.4) is 0 Å². The standard InChI is InChI=1S/C16H16F2N2O2/c17-14-7-6-13(10-15(14)18)19-16(22)20(8-9-21)11-12-4-2-1-3-5-12/h1-7,10,21H,8-9,11H2,(H,19,22). The summed E-state index contributed by atoms with van der Waals surface area (Å²) in [6, 6.07) is 11.9. The molecule has 0 fully saturated rings. The number of rotatable bonds is 5. The van der Waals surface area contributed by atoms with Crippen LogP contribution in [0.5, 0.6) is 0 Å². The van der Waals surface area contributed by atoms with Crippen molar-refractivity contribution in [3.05, 3.63) is 65.7 Å². The second-order valence-electron chi connectivity index (χ2n) is 4.69. The van der Waals surface area contributed by atoms with E-state index in [4.69, 9.17) is 5.11 Å². The lowest BCUT2D eigenvalue weighted by Crippen LogP contribution is -2.36. The molecule has 6 heteroatoms. The smallest absolute Gasteiger partial charge is 0.322 e. The van der Waals surface area contributed by atoms with E-state index in [1.807, 2.05) is 30.3 Å². The fraction of sp³-hybridized carbons (Fsp3) is 0.188. The average Bonchev–Trinajstić information content (AvgIpc) is 2.51. The van der Waals surface area contributed by atoms with E-state index in [1.165, 1.54) is 11.0 Å². The summed E-state index contributed by atoms with van der Waals surface area (Å²) in [6.07, 6.45) is 0. The van der Waals surface area contributed by atoms with Crippen LogP contribution in [0, 0.1) is 11.6 Å². The third-order valence-corrected chi connectivity index (χ3v) is 3.04. The van der Waals surface area contributed by atoms with Gasteiger partial charge in [-0.2, -0.15) is 0 Å². The number of hydrogen-bond acceptors (Lipinski definition) is 2. The lowest BCUT2D eigenvalue weighted by Gasteiger charge is -2.22. The minimum Gasteiger partial charge on any atom is -0.395 e. The number of aliphatic hydroxyl groups is 1. The third-order valence-electron chi connectivity index (χ3n) is 3.04. The third kappa shape index (κ3) is 4.26. The number of nitrogens with zero attached hydrogens (tertiary/aromatic N) is 1. The van der Waals surface area contributed by atoms with Gasteiger partial charge in [-0.05, 0) is 17.7 Å². The molecule has 0 radical (unpaired) electrons. The van der Waals surface area contributed by atoms with Gasteiger partial charge in [0.1, 0.15) is 0 Å². The van der Waals surface area contributed by atoms with Gasteiger partial charge >= 0.3 is 6.03 Å². The Bertz CT molecular complexity index is 635. The molecule has 0 spiro atoms. The summed E-state index contributed by atoms with van der Waals surface area (Å²) < 4.78 is 26.0. The first-order chi connectivity index (χ1) is 10.6. The van der Waals surface area contributed by atoms with Crippen LogP contribution in [0.15, 0.2) is 48.5 Å². The van der Waals surface area contributed by atoms with Gasteiger partial charge in [0.05, 0.1) is 6.61 Å². The highest BCUT2D eigenvalue weighted by Gasteiger charge is 2.14. The van der Waals surface area contributed by atoms with Crippen LogP contribution >= 0.6 is 0 Å². The minimum absolute atomic E-state index is 0.129. The van der Waals surface area contributed by atoms with E-state index in [2.05, 4.69) is 5.32 Å². The molecule has 0 saturated carbocycles. The summed E-state index contributed by atoms with van der Waals surface area (Å²) in [6.45, 7) is 0.235. The second kappa shape index (κ2) is 7.51. The Kier molecular flexibility index (Phi) is 5.43. The summed E-state index contributed by atoms with van der Waals surface area (Å²) in [4.78, 5) is 13.6. The van der Waals surface area contributed by atoms with E-state index in [-0.39, 0.29) is 18.8 Å². The van der Waals surface area contributed by atoms with Crippen LogP contribution in [0.25, 0.3) is 0 Å². The van der Waals surface area contributed by atoms with Gasteiger partial charge in [0.15, 0.2) is 11.6 Å². The Morgan fingerprint density at radius 1 is 1.09 bits per heavy atom. The molecule has 116 valence electrons. The zero-order valence-electron chi connectivity index (χ0n) is 11.8. The molecule has 0 bridgehead atoms. The van der Waals surface area contributed by atoms with Crippen molar-refractivity contribution in [3.63, 3.8) is 0 Å². The van der Waals surface area contributed by atoms with Gasteiger partial charge in [-0.3, -0.25) is 0 Å². The Hall–Kier alpha value is -2.47. The zero-order chi connectivity index (χ0) is 15.9. The second-order valence-corrected chi connectivity index (χ2v) is 4.69. The van der Waals surface area contributed by atoms with E-state index < -0.39 is 17.7 Å². The zero-order valence-corrected chi connectivity index (χ0v) is 11.8. The lowest BCUT2D eigenvalue weighted by atomic mass is 10.2. The summed E-state index contributed by atoms with van der Waals surface area (Å²) in [5, 5.41) is 11.6. The van der Waals surface area contributed by atoms with Crippen LogP contribution in [0.2, 0.25) is 0 Å². The predicted molar refractivity (Wildman–Crippen MR) is 79.3 cm³/mol. The molecule has 0 aliphatic rings. The number of amides is 2. The molecule has 0 atom stereocenters. The highest BCUT2D eigenvalue weighted by Crippen LogP contribution is 2.14. The molecule has 2 aromatic rings. The number of carbonyl (C=O) groups excluding carboxylic acids is 1. The summed E-state index contributed by atoms with van der Waals surface area (Å²) in [5.41, 5.74) is 1.05. The number of carbonyl (C=O) groups is 1. The van der Waals surface area contributed by atoms with E-state index in [0.29, 0.717) is 6.54 Å². The molecule has 0 aromatic heterocycles. The maximum atomic E-state index is 13.1. The molecular weight excluding hydrogens is 290 g/mol. The molecule has 0 unspecified atom stereocenters. The quantitative estimate of drug-likeness (QED) is 0.892. The van der Waals surface area contributed by atoms with Crippen LogP contribution < -0.4 is 5.32 Å². The first-order valence-electron chi connectivity index (χ1n) is 6.76. The van der Waals surface area contributed by atoms with Crippen molar-refractivity contribution in [3.8, 4) is 0 Å². The highest BCUT2D eigenvalue weighted by atomic mass is 19.2. The molecule has 0 aliphatic carbocycles. The molecule has 22 heavy (non-hydrogen) atoms. The van der Waals surface area contributed by atoms with Gasteiger partial charge in [-0.25, -0.2) is 13.6 Å². The molecule has 4 nitrogen and oxygen atoms in total. The van der Waals surface area contributed by atoms with Crippen molar-refractivity contribution >= 4 is 11.7 Å². The van der Waals surface area contributed by atoms with E-state index in [0.717, 1.165) is 17.7 Å². The van der Waals surface area contributed by atoms with Gasteiger partial charge < -0.3 is 15.3 Å². The minimum atomic E-state index is -1.03. The summed E-state index contributed by atoms with van der Waals surface area (Å²) in [5.74, 6) is -2.01. The number of hydrogen-bond donors (Lipinski definition) is 2. The normalized spacial score (nSPS) is 10.3. The lowest BCUT2D eigenvalue weighted by molar-refractivity contribution is 0.185. The predicted octanol–water partition coefficient (Wildman–Crippen LogP) is 2.99. The largest absolute Gasteiger partial charge is 0.395 e. The Balaban J connectivity index is 2.07. The maximum absolute atomic E-state index is 13.1. The number of nitrogens with one attached hydrogen (secondary N) is 1. The number of urea groups is 1. The average molecular weight is 306 g/mol.